The summed E-state index contributed by atoms with van der Waals surface area (Å²) >= 11 is 0. The van der Waals surface area contributed by atoms with Gasteiger partial charge < -0.3 is 20.5 Å². The van der Waals surface area contributed by atoms with Gasteiger partial charge in [0.15, 0.2) is 0 Å². The molecule has 0 spiro atoms. The molecule has 2 fully saturated rings. The molecule has 4 unspecified atom stereocenters. The zero-order valence-corrected chi connectivity index (χ0v) is 11.9. The van der Waals surface area contributed by atoms with Crippen LogP contribution in [0.3, 0.4) is 0 Å². The lowest BCUT2D eigenvalue weighted by atomic mass is 9.97. The molecule has 0 radical (unpaired) electrons. The van der Waals surface area contributed by atoms with Gasteiger partial charge in [0.05, 0.1) is 19.3 Å². The van der Waals surface area contributed by atoms with Crippen LogP contribution in [0.15, 0.2) is 0 Å². The van der Waals surface area contributed by atoms with Crippen LogP contribution >= 0.6 is 0 Å². The van der Waals surface area contributed by atoms with Crippen molar-refractivity contribution in [2.24, 2.45) is 11.8 Å². The summed E-state index contributed by atoms with van der Waals surface area (Å²) in [5, 5.41) is 14.8. The van der Waals surface area contributed by atoms with E-state index < -0.39 is 17.9 Å². The second kappa shape index (κ2) is 6.92. The molecule has 0 aromatic carbocycles. The average molecular weight is 284 g/mol. The monoisotopic (exact) mass is 284 g/mol. The number of urea groups is 1. The van der Waals surface area contributed by atoms with Gasteiger partial charge in [0, 0.05) is 6.04 Å². The Hall–Kier alpha value is -1.30. The van der Waals surface area contributed by atoms with Crippen molar-refractivity contribution in [1.82, 2.24) is 10.6 Å². The summed E-state index contributed by atoms with van der Waals surface area (Å²) in [7, 11) is 0. The Kier molecular flexibility index (Phi) is 5.23. The SMILES string of the molecule is CC1CCCCCC1NC(=O)NC1COCC1C(=O)O. The van der Waals surface area contributed by atoms with Crippen molar-refractivity contribution in [2.75, 3.05) is 13.2 Å². The quantitative estimate of drug-likeness (QED) is 0.683. The minimum Gasteiger partial charge on any atom is -0.481 e. The van der Waals surface area contributed by atoms with E-state index in [1.54, 1.807) is 0 Å². The summed E-state index contributed by atoms with van der Waals surface area (Å²) in [6.07, 6.45) is 5.72. The molecule has 2 amide bonds. The molecule has 0 bridgehead atoms. The number of carbonyl (C=O) groups excluding carboxylic acids is 1. The second-order valence-corrected chi connectivity index (χ2v) is 5.93. The standard InChI is InChI=1S/C14H24N2O4/c1-9-5-3-2-4-6-11(9)15-14(19)16-12-8-20-7-10(12)13(17)18/h9-12H,2-8H2,1H3,(H,17,18)(H2,15,16,19). The molecule has 1 saturated carbocycles. The van der Waals surface area contributed by atoms with Crippen LogP contribution in [0.5, 0.6) is 0 Å². The molecule has 4 atom stereocenters. The Bertz CT molecular complexity index is 361. The van der Waals surface area contributed by atoms with Crippen molar-refractivity contribution in [2.45, 2.75) is 51.1 Å². The first-order valence-corrected chi connectivity index (χ1v) is 7.45. The van der Waals surface area contributed by atoms with Gasteiger partial charge in [-0.1, -0.05) is 26.2 Å². The highest BCUT2D eigenvalue weighted by atomic mass is 16.5. The third-order valence-corrected chi connectivity index (χ3v) is 4.39. The molecule has 0 aromatic heterocycles. The van der Waals surface area contributed by atoms with Gasteiger partial charge in [-0.3, -0.25) is 4.79 Å². The molecule has 6 nitrogen and oxygen atoms in total. The fourth-order valence-electron chi connectivity index (χ4n) is 3.03. The van der Waals surface area contributed by atoms with Crippen LogP contribution < -0.4 is 10.6 Å². The predicted octanol–water partition coefficient (Wildman–Crippen LogP) is 1.35. The van der Waals surface area contributed by atoms with Crippen LogP contribution in [-0.4, -0.2) is 42.4 Å². The number of carboxylic acid groups (broad SMARTS) is 1. The second-order valence-electron chi connectivity index (χ2n) is 5.93. The topological polar surface area (TPSA) is 87.7 Å². The van der Waals surface area contributed by atoms with E-state index in [-0.39, 0.29) is 25.3 Å². The van der Waals surface area contributed by atoms with Gasteiger partial charge in [0.2, 0.25) is 0 Å². The van der Waals surface area contributed by atoms with E-state index in [4.69, 9.17) is 9.84 Å². The van der Waals surface area contributed by atoms with E-state index in [0.29, 0.717) is 5.92 Å². The zero-order valence-electron chi connectivity index (χ0n) is 11.9. The van der Waals surface area contributed by atoms with Crippen molar-refractivity contribution in [1.29, 1.82) is 0 Å². The highest BCUT2D eigenvalue weighted by molar-refractivity contribution is 5.77. The minimum absolute atomic E-state index is 0.167. The van der Waals surface area contributed by atoms with Gasteiger partial charge in [-0.05, 0) is 18.8 Å². The molecule has 1 saturated heterocycles. The minimum atomic E-state index is -0.921. The number of nitrogens with one attached hydrogen (secondary N) is 2. The lowest BCUT2D eigenvalue weighted by Gasteiger charge is -2.24. The average Bonchev–Trinajstić information content (AvgIpc) is 2.75. The van der Waals surface area contributed by atoms with Crippen molar-refractivity contribution < 1.29 is 19.4 Å². The van der Waals surface area contributed by atoms with Crippen LogP contribution in [0.4, 0.5) is 4.79 Å². The Morgan fingerprint density at radius 2 is 1.75 bits per heavy atom. The third kappa shape index (κ3) is 3.85. The smallest absolute Gasteiger partial charge is 0.315 e. The van der Waals surface area contributed by atoms with Gasteiger partial charge >= 0.3 is 12.0 Å². The molecular formula is C14H24N2O4. The molecule has 1 aliphatic carbocycles. The van der Waals surface area contributed by atoms with Crippen LogP contribution in [0, 0.1) is 11.8 Å². The summed E-state index contributed by atoms with van der Waals surface area (Å²) < 4.78 is 5.14. The number of aliphatic carboxylic acids is 1. The molecule has 3 N–H and O–H groups in total. The number of hydrogen-bond donors (Lipinski definition) is 3. The first-order chi connectivity index (χ1) is 9.58. The van der Waals surface area contributed by atoms with Crippen LogP contribution in [0.25, 0.3) is 0 Å². The van der Waals surface area contributed by atoms with Crippen molar-refractivity contribution in [3.8, 4) is 0 Å². The molecule has 6 heteroatoms. The number of carbonyl (C=O) groups is 2. The first-order valence-electron chi connectivity index (χ1n) is 7.45. The first kappa shape index (κ1) is 15.1. The highest BCUT2D eigenvalue weighted by Crippen LogP contribution is 2.23. The molecule has 2 rings (SSSR count). The number of amides is 2. The maximum atomic E-state index is 12.0. The zero-order chi connectivity index (χ0) is 14.5. The Morgan fingerprint density at radius 1 is 1.05 bits per heavy atom. The van der Waals surface area contributed by atoms with Crippen molar-refractivity contribution >= 4 is 12.0 Å². The van der Waals surface area contributed by atoms with Crippen LogP contribution in [0.2, 0.25) is 0 Å². The lowest BCUT2D eigenvalue weighted by Crippen LogP contribution is -2.51. The van der Waals surface area contributed by atoms with Gasteiger partial charge in [-0.15, -0.1) is 0 Å². The summed E-state index contributed by atoms with van der Waals surface area (Å²) in [5.41, 5.74) is 0. The third-order valence-electron chi connectivity index (χ3n) is 4.39. The Morgan fingerprint density at radius 3 is 2.50 bits per heavy atom. The number of rotatable bonds is 3. The predicted molar refractivity (Wildman–Crippen MR) is 73.4 cm³/mol. The van der Waals surface area contributed by atoms with E-state index in [9.17, 15) is 9.59 Å². The van der Waals surface area contributed by atoms with E-state index in [2.05, 4.69) is 17.6 Å². The maximum absolute atomic E-state index is 12.0. The number of hydrogen-bond acceptors (Lipinski definition) is 3. The van der Waals surface area contributed by atoms with E-state index in [1.807, 2.05) is 0 Å². The number of carboxylic acids is 1. The van der Waals surface area contributed by atoms with E-state index >= 15 is 0 Å². The van der Waals surface area contributed by atoms with Gasteiger partial charge in [0.1, 0.15) is 5.92 Å². The molecule has 1 heterocycles. The van der Waals surface area contributed by atoms with E-state index in [1.165, 1.54) is 12.8 Å². The molecule has 0 aromatic rings. The molecule has 114 valence electrons. The van der Waals surface area contributed by atoms with Crippen LogP contribution in [0.1, 0.15) is 39.0 Å². The molecule has 1 aliphatic heterocycles. The summed E-state index contributed by atoms with van der Waals surface area (Å²) in [6.45, 7) is 2.60. The highest BCUT2D eigenvalue weighted by Gasteiger charge is 2.35. The molecule has 20 heavy (non-hydrogen) atoms. The van der Waals surface area contributed by atoms with Crippen molar-refractivity contribution in [3.05, 3.63) is 0 Å². The largest absolute Gasteiger partial charge is 0.481 e. The van der Waals surface area contributed by atoms with Crippen LogP contribution in [-0.2, 0) is 9.53 Å². The summed E-state index contributed by atoms with van der Waals surface area (Å²) in [4.78, 5) is 23.1. The Balaban J connectivity index is 1.83. The molecular weight excluding hydrogens is 260 g/mol. The normalized spacial score (nSPS) is 34.2. The van der Waals surface area contributed by atoms with E-state index in [0.717, 1.165) is 19.3 Å². The molecule has 2 aliphatic rings. The fourth-order valence-corrected chi connectivity index (χ4v) is 3.03. The summed E-state index contributed by atoms with van der Waals surface area (Å²) in [6, 6.07) is -0.526. The lowest BCUT2D eigenvalue weighted by molar-refractivity contribution is -0.142. The van der Waals surface area contributed by atoms with Gasteiger partial charge in [0.25, 0.3) is 0 Å². The van der Waals surface area contributed by atoms with Crippen molar-refractivity contribution in [3.63, 3.8) is 0 Å². The fraction of sp³-hybridized carbons (Fsp3) is 0.857. The number of ether oxygens (including phenoxy) is 1. The maximum Gasteiger partial charge on any atom is 0.315 e. The summed E-state index contributed by atoms with van der Waals surface area (Å²) in [5.74, 6) is -1.10. The Labute approximate surface area is 119 Å². The van der Waals surface area contributed by atoms with Gasteiger partial charge in [-0.25, -0.2) is 4.79 Å². The van der Waals surface area contributed by atoms with Gasteiger partial charge in [-0.2, -0.15) is 0 Å².